The standard InChI is InChI=1S/C20H17NO6S2/c1-25-13-7-5-12(6-8-13)21-18(22)15(29-20(21)28)10-11-4-9-14(26-2)17(27-3)16(11)19(23)24/h4-10H,1-3H3,(H,23,24)/b15-10-. The topological polar surface area (TPSA) is 85.3 Å². The van der Waals surface area contributed by atoms with Gasteiger partial charge in [0.25, 0.3) is 5.91 Å². The van der Waals surface area contributed by atoms with Gasteiger partial charge in [0.1, 0.15) is 11.3 Å². The summed E-state index contributed by atoms with van der Waals surface area (Å²) in [6, 6.07) is 10.1. The van der Waals surface area contributed by atoms with Crippen LogP contribution in [0.15, 0.2) is 41.3 Å². The van der Waals surface area contributed by atoms with Crippen LogP contribution in [0.3, 0.4) is 0 Å². The third-order valence-electron chi connectivity index (χ3n) is 4.20. The van der Waals surface area contributed by atoms with E-state index in [-0.39, 0.29) is 23.0 Å². The van der Waals surface area contributed by atoms with E-state index in [1.165, 1.54) is 25.2 Å². The summed E-state index contributed by atoms with van der Waals surface area (Å²) >= 11 is 6.46. The lowest BCUT2D eigenvalue weighted by molar-refractivity contribution is -0.113. The highest BCUT2D eigenvalue weighted by atomic mass is 32.2. The van der Waals surface area contributed by atoms with Gasteiger partial charge < -0.3 is 19.3 Å². The van der Waals surface area contributed by atoms with Crippen LogP contribution in [0.5, 0.6) is 17.2 Å². The Bertz CT molecular complexity index is 1020. The predicted molar refractivity (Wildman–Crippen MR) is 115 cm³/mol. The van der Waals surface area contributed by atoms with Gasteiger partial charge in [0.05, 0.1) is 31.9 Å². The van der Waals surface area contributed by atoms with E-state index >= 15 is 0 Å². The molecular weight excluding hydrogens is 414 g/mol. The summed E-state index contributed by atoms with van der Waals surface area (Å²) in [6.45, 7) is 0. The van der Waals surface area contributed by atoms with E-state index in [0.717, 1.165) is 11.8 Å². The first kappa shape index (κ1) is 20.7. The number of ether oxygens (including phenoxy) is 3. The van der Waals surface area contributed by atoms with Crippen molar-refractivity contribution in [1.29, 1.82) is 0 Å². The molecule has 9 heteroatoms. The Hall–Kier alpha value is -3.04. The highest BCUT2D eigenvalue weighted by molar-refractivity contribution is 8.27. The number of rotatable bonds is 6. The summed E-state index contributed by atoms with van der Waals surface area (Å²) in [6.07, 6.45) is 1.49. The first-order valence-corrected chi connectivity index (χ1v) is 9.54. The van der Waals surface area contributed by atoms with E-state index in [1.54, 1.807) is 43.5 Å². The van der Waals surface area contributed by atoms with E-state index in [9.17, 15) is 14.7 Å². The molecule has 0 saturated carbocycles. The smallest absolute Gasteiger partial charge is 0.340 e. The molecule has 1 aliphatic heterocycles. The zero-order valence-electron chi connectivity index (χ0n) is 15.8. The third kappa shape index (κ3) is 3.92. The predicted octanol–water partition coefficient (Wildman–Crippen LogP) is 3.82. The number of carbonyl (C=O) groups is 2. The van der Waals surface area contributed by atoms with Crippen LogP contribution in [0.25, 0.3) is 6.08 Å². The number of thioether (sulfide) groups is 1. The summed E-state index contributed by atoms with van der Waals surface area (Å²) in [7, 11) is 4.33. The number of hydrogen-bond donors (Lipinski definition) is 1. The number of amides is 1. The number of methoxy groups -OCH3 is 3. The van der Waals surface area contributed by atoms with E-state index in [2.05, 4.69) is 0 Å². The molecular formula is C20H17NO6S2. The molecule has 29 heavy (non-hydrogen) atoms. The maximum atomic E-state index is 12.9. The molecule has 3 rings (SSSR count). The first-order valence-electron chi connectivity index (χ1n) is 8.31. The van der Waals surface area contributed by atoms with Crippen LogP contribution >= 0.6 is 24.0 Å². The van der Waals surface area contributed by atoms with Crippen LogP contribution < -0.4 is 19.1 Å². The molecule has 150 valence electrons. The van der Waals surface area contributed by atoms with Crippen molar-refractivity contribution in [2.45, 2.75) is 0 Å². The molecule has 0 unspecified atom stereocenters. The third-order valence-corrected chi connectivity index (χ3v) is 5.50. The normalized spacial score (nSPS) is 15.0. The highest BCUT2D eigenvalue weighted by Crippen LogP contribution is 2.39. The second kappa shape index (κ2) is 8.54. The largest absolute Gasteiger partial charge is 0.497 e. The van der Waals surface area contributed by atoms with Crippen LogP contribution in [0.4, 0.5) is 5.69 Å². The Morgan fingerprint density at radius 1 is 1.07 bits per heavy atom. The fraction of sp³-hybridized carbons (Fsp3) is 0.150. The van der Waals surface area contributed by atoms with Gasteiger partial charge in [-0.15, -0.1) is 0 Å². The van der Waals surface area contributed by atoms with Crippen molar-refractivity contribution in [2.24, 2.45) is 0 Å². The molecule has 0 spiro atoms. The Morgan fingerprint density at radius 3 is 2.31 bits per heavy atom. The lowest BCUT2D eigenvalue weighted by Crippen LogP contribution is -2.27. The van der Waals surface area contributed by atoms with Gasteiger partial charge in [0.2, 0.25) is 0 Å². The molecule has 1 saturated heterocycles. The summed E-state index contributed by atoms with van der Waals surface area (Å²) in [5.74, 6) is -0.507. The molecule has 0 aromatic heterocycles. The lowest BCUT2D eigenvalue weighted by atomic mass is 10.0. The molecule has 1 heterocycles. The second-order valence-electron chi connectivity index (χ2n) is 5.79. The lowest BCUT2D eigenvalue weighted by Gasteiger charge is -2.15. The molecule has 2 aromatic rings. The molecule has 1 amide bonds. The second-order valence-corrected chi connectivity index (χ2v) is 7.46. The monoisotopic (exact) mass is 431 g/mol. The first-order chi connectivity index (χ1) is 13.9. The average molecular weight is 431 g/mol. The van der Waals surface area contributed by atoms with Crippen LogP contribution in [0.2, 0.25) is 0 Å². The quantitative estimate of drug-likeness (QED) is 0.546. The van der Waals surface area contributed by atoms with E-state index in [4.69, 9.17) is 26.4 Å². The molecule has 0 radical (unpaired) electrons. The minimum atomic E-state index is -1.20. The highest BCUT2D eigenvalue weighted by Gasteiger charge is 2.34. The van der Waals surface area contributed by atoms with Crippen molar-refractivity contribution < 1.29 is 28.9 Å². The number of nitrogens with zero attached hydrogens (tertiary/aromatic N) is 1. The molecule has 2 aromatic carbocycles. The number of carbonyl (C=O) groups excluding carboxylic acids is 1. The van der Waals surface area contributed by atoms with Crippen LogP contribution in [0, 0.1) is 0 Å². The molecule has 0 atom stereocenters. The summed E-state index contributed by atoms with van der Waals surface area (Å²) in [4.78, 5) is 26.5. The summed E-state index contributed by atoms with van der Waals surface area (Å²) in [5.41, 5.74) is 0.814. The van der Waals surface area contributed by atoms with E-state index < -0.39 is 5.97 Å². The minimum Gasteiger partial charge on any atom is -0.497 e. The average Bonchev–Trinajstić information content (AvgIpc) is 3.00. The zero-order valence-corrected chi connectivity index (χ0v) is 17.4. The van der Waals surface area contributed by atoms with Crippen molar-refractivity contribution in [3.8, 4) is 17.2 Å². The van der Waals surface area contributed by atoms with Gasteiger partial charge in [-0.05, 0) is 42.0 Å². The number of carboxylic acids is 1. The minimum absolute atomic E-state index is 0.0828. The van der Waals surface area contributed by atoms with Gasteiger partial charge in [-0.25, -0.2) is 4.79 Å². The fourth-order valence-electron chi connectivity index (χ4n) is 2.85. The van der Waals surface area contributed by atoms with E-state index in [0.29, 0.717) is 26.2 Å². The van der Waals surface area contributed by atoms with Crippen molar-refractivity contribution in [2.75, 3.05) is 26.2 Å². The van der Waals surface area contributed by atoms with E-state index in [1.807, 2.05) is 0 Å². The van der Waals surface area contributed by atoms with Gasteiger partial charge in [-0.2, -0.15) is 0 Å². The molecule has 7 nitrogen and oxygen atoms in total. The van der Waals surface area contributed by atoms with Crippen LogP contribution in [-0.4, -0.2) is 42.6 Å². The fourth-order valence-corrected chi connectivity index (χ4v) is 4.14. The maximum absolute atomic E-state index is 12.9. The Labute approximate surface area is 176 Å². The van der Waals surface area contributed by atoms with Gasteiger partial charge >= 0.3 is 5.97 Å². The SMILES string of the molecule is COc1ccc(N2C(=O)/C(=C/c3ccc(OC)c(OC)c3C(=O)O)SC2=S)cc1. The van der Waals surface area contributed by atoms with Crippen molar-refractivity contribution >= 4 is 51.9 Å². The summed E-state index contributed by atoms with van der Waals surface area (Å²) < 4.78 is 15.9. The number of anilines is 1. The molecule has 1 fully saturated rings. The molecule has 0 bridgehead atoms. The molecule has 1 aliphatic rings. The Morgan fingerprint density at radius 2 is 1.76 bits per heavy atom. The number of aromatic carboxylic acids is 1. The number of benzene rings is 2. The zero-order chi connectivity index (χ0) is 21.1. The van der Waals surface area contributed by atoms with Crippen molar-refractivity contribution in [1.82, 2.24) is 0 Å². The Kier molecular flexibility index (Phi) is 6.09. The van der Waals surface area contributed by atoms with Gasteiger partial charge in [0.15, 0.2) is 15.8 Å². The van der Waals surface area contributed by atoms with Crippen LogP contribution in [0.1, 0.15) is 15.9 Å². The summed E-state index contributed by atoms with van der Waals surface area (Å²) in [5, 5.41) is 9.66. The Balaban J connectivity index is 2.02. The maximum Gasteiger partial charge on any atom is 0.340 e. The van der Waals surface area contributed by atoms with Gasteiger partial charge in [0, 0.05) is 0 Å². The number of thiocarbonyl (C=S) groups is 1. The van der Waals surface area contributed by atoms with Crippen molar-refractivity contribution in [3.05, 3.63) is 52.4 Å². The molecule has 0 aliphatic carbocycles. The van der Waals surface area contributed by atoms with Crippen LogP contribution in [-0.2, 0) is 4.79 Å². The molecule has 1 N–H and O–H groups in total. The van der Waals surface area contributed by atoms with Gasteiger partial charge in [-0.3, -0.25) is 9.69 Å². The van der Waals surface area contributed by atoms with Gasteiger partial charge in [-0.1, -0.05) is 30.0 Å². The number of hydrogen-bond acceptors (Lipinski definition) is 7. The number of carboxylic acid groups (broad SMARTS) is 1. The van der Waals surface area contributed by atoms with Crippen molar-refractivity contribution in [3.63, 3.8) is 0 Å².